The summed E-state index contributed by atoms with van der Waals surface area (Å²) < 4.78 is 53.9. The van der Waals surface area contributed by atoms with Crippen LogP contribution in [0.5, 0.6) is 0 Å². The van der Waals surface area contributed by atoms with E-state index in [0.717, 1.165) is 12.1 Å². The van der Waals surface area contributed by atoms with Crippen molar-refractivity contribution in [3.05, 3.63) is 75.8 Å². The highest BCUT2D eigenvalue weighted by Gasteiger charge is 2.30. The van der Waals surface area contributed by atoms with Crippen molar-refractivity contribution in [2.45, 2.75) is 19.6 Å². The second-order valence-electron chi connectivity index (χ2n) is 6.00. The number of anilines is 1. The number of hydrogen-bond acceptors (Lipinski definition) is 2. The molecule has 3 rings (SSSR count). The van der Waals surface area contributed by atoms with E-state index in [0.29, 0.717) is 5.69 Å². The molecule has 0 aliphatic carbocycles. The van der Waals surface area contributed by atoms with Crippen LogP contribution in [0.2, 0.25) is 0 Å². The van der Waals surface area contributed by atoms with Gasteiger partial charge in [-0.05, 0) is 37.3 Å². The Kier molecular flexibility index (Phi) is 4.73. The average Bonchev–Trinajstić information content (AvgIpc) is 2.58. The Hall–Kier alpha value is -3.16. The van der Waals surface area contributed by atoms with Gasteiger partial charge in [0.05, 0.1) is 11.1 Å². The second-order valence-corrected chi connectivity index (χ2v) is 6.00. The Bertz CT molecular complexity index is 1090. The summed E-state index contributed by atoms with van der Waals surface area (Å²) in [6, 6.07) is 9.49. The summed E-state index contributed by atoms with van der Waals surface area (Å²) in [6.45, 7) is 1.19. The van der Waals surface area contributed by atoms with Crippen LogP contribution in [0.15, 0.2) is 53.3 Å². The molecule has 1 heterocycles. The number of hydrogen-bond donors (Lipinski definition) is 1. The molecule has 0 radical (unpaired) electrons. The van der Waals surface area contributed by atoms with Gasteiger partial charge in [0.1, 0.15) is 12.4 Å². The molecule has 0 fully saturated rings. The van der Waals surface area contributed by atoms with Gasteiger partial charge in [0.25, 0.3) is 0 Å². The Morgan fingerprint density at radius 3 is 2.52 bits per heavy atom. The maximum absolute atomic E-state index is 14.3. The molecular weight excluding hydrogens is 364 g/mol. The van der Waals surface area contributed by atoms with E-state index in [1.807, 2.05) is 0 Å². The van der Waals surface area contributed by atoms with Crippen molar-refractivity contribution in [1.82, 2.24) is 4.57 Å². The summed E-state index contributed by atoms with van der Waals surface area (Å²) in [7, 11) is 0. The Morgan fingerprint density at radius 1 is 1.11 bits per heavy atom. The number of nitrogens with zero attached hydrogens (tertiary/aromatic N) is 1. The van der Waals surface area contributed by atoms with Crippen LogP contribution in [0, 0.1) is 12.7 Å². The lowest BCUT2D eigenvalue weighted by molar-refractivity contribution is -0.137. The molecule has 0 spiro atoms. The lowest BCUT2D eigenvalue weighted by atomic mass is 10.1. The number of aromatic nitrogens is 1. The van der Waals surface area contributed by atoms with Crippen molar-refractivity contribution in [3.63, 3.8) is 0 Å². The SMILES string of the molecule is Cc1cc(=O)c2cccc(F)c2n1CC(=O)Nc1cccc(C(F)(F)F)c1. The molecule has 8 heteroatoms. The predicted molar refractivity (Wildman–Crippen MR) is 93.0 cm³/mol. The fraction of sp³-hybridized carbons (Fsp3) is 0.158. The zero-order valence-electron chi connectivity index (χ0n) is 14.1. The molecule has 0 atom stereocenters. The number of nitrogens with one attached hydrogen (secondary N) is 1. The number of benzene rings is 2. The molecule has 2 aromatic carbocycles. The van der Waals surface area contributed by atoms with Gasteiger partial charge >= 0.3 is 6.18 Å². The number of aryl methyl sites for hydroxylation is 1. The highest BCUT2D eigenvalue weighted by molar-refractivity contribution is 5.92. The number of amides is 1. The summed E-state index contributed by atoms with van der Waals surface area (Å²) in [6.07, 6.45) is -4.53. The summed E-state index contributed by atoms with van der Waals surface area (Å²) in [4.78, 5) is 24.3. The largest absolute Gasteiger partial charge is 0.416 e. The summed E-state index contributed by atoms with van der Waals surface area (Å²) in [5.41, 5.74) is -0.968. The van der Waals surface area contributed by atoms with Crippen LogP contribution in [-0.2, 0) is 17.5 Å². The summed E-state index contributed by atoms with van der Waals surface area (Å²) >= 11 is 0. The van der Waals surface area contributed by atoms with Crippen LogP contribution in [-0.4, -0.2) is 10.5 Å². The van der Waals surface area contributed by atoms with Crippen molar-refractivity contribution >= 4 is 22.5 Å². The molecular formula is C19H14F4N2O2. The molecule has 27 heavy (non-hydrogen) atoms. The van der Waals surface area contributed by atoms with Crippen LogP contribution < -0.4 is 10.7 Å². The minimum absolute atomic E-state index is 0.0262. The first-order chi connectivity index (χ1) is 12.7. The van der Waals surface area contributed by atoms with E-state index in [4.69, 9.17) is 0 Å². The van der Waals surface area contributed by atoms with Gasteiger partial charge in [0, 0.05) is 22.8 Å². The van der Waals surface area contributed by atoms with Crippen molar-refractivity contribution in [2.75, 3.05) is 5.32 Å². The zero-order valence-corrected chi connectivity index (χ0v) is 14.1. The third-order valence-corrected chi connectivity index (χ3v) is 4.06. The normalized spacial score (nSPS) is 11.6. The van der Waals surface area contributed by atoms with Crippen LogP contribution >= 0.6 is 0 Å². The van der Waals surface area contributed by atoms with Gasteiger partial charge in [-0.2, -0.15) is 13.2 Å². The monoisotopic (exact) mass is 378 g/mol. The number of carbonyl (C=O) groups is 1. The van der Waals surface area contributed by atoms with Gasteiger partial charge in [-0.3, -0.25) is 9.59 Å². The Morgan fingerprint density at radius 2 is 1.81 bits per heavy atom. The molecule has 0 aliphatic heterocycles. The number of carbonyl (C=O) groups excluding carboxylic acids is 1. The molecule has 1 N–H and O–H groups in total. The standard InChI is InChI=1S/C19H14F4N2O2/c1-11-8-16(26)14-6-3-7-15(20)18(14)25(11)10-17(27)24-13-5-2-4-12(9-13)19(21,22)23/h2-9H,10H2,1H3,(H,24,27). The first kappa shape index (κ1) is 18.6. The smallest absolute Gasteiger partial charge is 0.333 e. The lowest BCUT2D eigenvalue weighted by Crippen LogP contribution is -2.23. The van der Waals surface area contributed by atoms with Crippen LogP contribution in [0.3, 0.4) is 0 Å². The van der Waals surface area contributed by atoms with Crippen LogP contribution in [0.25, 0.3) is 10.9 Å². The Labute approximate surface area is 151 Å². The maximum atomic E-state index is 14.3. The number of fused-ring (bicyclic) bond motifs is 1. The fourth-order valence-electron chi connectivity index (χ4n) is 2.83. The lowest BCUT2D eigenvalue weighted by Gasteiger charge is -2.15. The first-order valence-electron chi connectivity index (χ1n) is 7.92. The van der Waals surface area contributed by atoms with Gasteiger partial charge in [-0.1, -0.05) is 12.1 Å². The van der Waals surface area contributed by atoms with Crippen molar-refractivity contribution in [1.29, 1.82) is 0 Å². The van der Waals surface area contributed by atoms with Gasteiger partial charge in [0.15, 0.2) is 5.43 Å². The van der Waals surface area contributed by atoms with E-state index in [1.54, 1.807) is 6.92 Å². The van der Waals surface area contributed by atoms with Crippen molar-refractivity contribution in [2.24, 2.45) is 0 Å². The van der Waals surface area contributed by atoms with Crippen LogP contribution in [0.4, 0.5) is 23.2 Å². The second kappa shape index (κ2) is 6.86. The quantitative estimate of drug-likeness (QED) is 0.698. The fourth-order valence-corrected chi connectivity index (χ4v) is 2.83. The average molecular weight is 378 g/mol. The minimum Gasteiger partial charge on any atom is -0.333 e. The van der Waals surface area contributed by atoms with E-state index in [1.165, 1.54) is 41.0 Å². The van der Waals surface area contributed by atoms with E-state index >= 15 is 0 Å². The Balaban J connectivity index is 1.93. The molecule has 0 aliphatic rings. The first-order valence-corrected chi connectivity index (χ1v) is 7.92. The molecule has 0 unspecified atom stereocenters. The van der Waals surface area contributed by atoms with Gasteiger partial charge < -0.3 is 9.88 Å². The zero-order chi connectivity index (χ0) is 19.8. The number of para-hydroxylation sites is 1. The molecule has 3 aromatic rings. The van der Waals surface area contributed by atoms with Gasteiger partial charge in [0.2, 0.25) is 5.91 Å². The van der Waals surface area contributed by atoms with Crippen LogP contribution in [0.1, 0.15) is 11.3 Å². The highest BCUT2D eigenvalue weighted by atomic mass is 19.4. The summed E-state index contributed by atoms with van der Waals surface area (Å²) in [5, 5.41) is 2.49. The molecule has 4 nitrogen and oxygen atoms in total. The molecule has 0 bridgehead atoms. The van der Waals surface area contributed by atoms with E-state index in [-0.39, 0.29) is 28.6 Å². The maximum Gasteiger partial charge on any atom is 0.416 e. The van der Waals surface area contributed by atoms with E-state index in [2.05, 4.69) is 5.32 Å². The third-order valence-electron chi connectivity index (χ3n) is 4.06. The van der Waals surface area contributed by atoms with Crippen molar-refractivity contribution < 1.29 is 22.4 Å². The minimum atomic E-state index is -4.53. The molecule has 0 saturated carbocycles. The van der Waals surface area contributed by atoms with Crippen molar-refractivity contribution in [3.8, 4) is 0 Å². The van der Waals surface area contributed by atoms with E-state index in [9.17, 15) is 27.2 Å². The van der Waals surface area contributed by atoms with Gasteiger partial charge in [-0.15, -0.1) is 0 Å². The van der Waals surface area contributed by atoms with Gasteiger partial charge in [-0.25, -0.2) is 4.39 Å². The van der Waals surface area contributed by atoms with E-state index < -0.39 is 23.5 Å². The molecule has 1 aromatic heterocycles. The third kappa shape index (κ3) is 3.84. The number of alkyl halides is 3. The highest BCUT2D eigenvalue weighted by Crippen LogP contribution is 2.30. The number of rotatable bonds is 3. The summed E-state index contributed by atoms with van der Waals surface area (Å²) in [5.74, 6) is -1.31. The number of pyridine rings is 1. The molecule has 0 saturated heterocycles. The molecule has 1 amide bonds. The molecule has 140 valence electrons. The number of halogens is 4. The predicted octanol–water partition coefficient (Wildman–Crippen LogP) is 4.11. The topological polar surface area (TPSA) is 51.1 Å².